The van der Waals surface area contributed by atoms with Crippen molar-refractivity contribution in [1.82, 2.24) is 0 Å². The van der Waals surface area contributed by atoms with Crippen LogP contribution in [0.1, 0.15) is 20.8 Å². The van der Waals surface area contributed by atoms with Crippen molar-refractivity contribution < 1.29 is 18.7 Å². The molecule has 0 rings (SSSR count). The van der Waals surface area contributed by atoms with Gasteiger partial charge in [0.2, 0.25) is 0 Å². The SMILES string of the molecule is CCOP(=O)(OCC)[C@H](C)O. The second-order valence-corrected chi connectivity index (χ2v) is 4.35. The molecule has 0 saturated carbocycles. The first-order chi connectivity index (χ1) is 5.06. The Bertz CT molecular complexity index is 136. The smallest absolute Gasteiger partial charge is 0.358 e. The Morgan fingerprint density at radius 1 is 1.36 bits per heavy atom. The zero-order valence-corrected chi connectivity index (χ0v) is 8.01. The molecule has 0 aromatic heterocycles. The molecule has 0 saturated heterocycles. The van der Waals surface area contributed by atoms with Crippen molar-refractivity contribution in [1.29, 1.82) is 0 Å². The molecule has 4 nitrogen and oxygen atoms in total. The lowest BCUT2D eigenvalue weighted by Crippen LogP contribution is -2.08. The van der Waals surface area contributed by atoms with Crippen molar-refractivity contribution in [3.8, 4) is 0 Å². The van der Waals surface area contributed by atoms with Gasteiger partial charge in [-0.15, -0.1) is 0 Å². The van der Waals surface area contributed by atoms with Crippen LogP contribution in [-0.2, 0) is 13.6 Å². The van der Waals surface area contributed by atoms with Crippen LogP contribution < -0.4 is 0 Å². The van der Waals surface area contributed by atoms with Crippen molar-refractivity contribution in [2.24, 2.45) is 0 Å². The first-order valence-corrected chi connectivity index (χ1v) is 5.24. The Kier molecular flexibility index (Phi) is 4.93. The van der Waals surface area contributed by atoms with Crippen molar-refractivity contribution in [3.63, 3.8) is 0 Å². The Balaban J connectivity index is 4.14. The minimum Gasteiger partial charge on any atom is -0.381 e. The fraction of sp³-hybridized carbons (Fsp3) is 1.00. The Labute approximate surface area is 67.0 Å². The first kappa shape index (κ1) is 11.1. The summed E-state index contributed by atoms with van der Waals surface area (Å²) in [4.78, 5) is 0. The highest BCUT2D eigenvalue weighted by Crippen LogP contribution is 2.51. The van der Waals surface area contributed by atoms with E-state index in [0.29, 0.717) is 0 Å². The monoisotopic (exact) mass is 182 g/mol. The minimum absolute atomic E-state index is 0.280. The van der Waals surface area contributed by atoms with Gasteiger partial charge in [-0.25, -0.2) is 0 Å². The fourth-order valence-electron chi connectivity index (χ4n) is 0.613. The molecule has 0 amide bonds. The van der Waals surface area contributed by atoms with Crippen molar-refractivity contribution in [3.05, 3.63) is 0 Å². The van der Waals surface area contributed by atoms with Crippen molar-refractivity contribution in [2.45, 2.75) is 26.6 Å². The molecule has 1 atom stereocenters. The van der Waals surface area contributed by atoms with Crippen LogP contribution in [0, 0.1) is 0 Å². The normalized spacial score (nSPS) is 14.9. The summed E-state index contributed by atoms with van der Waals surface area (Å²) in [5.41, 5.74) is 0. The molecular weight excluding hydrogens is 167 g/mol. The first-order valence-electron chi connectivity index (χ1n) is 3.63. The van der Waals surface area contributed by atoms with E-state index in [1.807, 2.05) is 0 Å². The second kappa shape index (κ2) is 4.88. The third kappa shape index (κ3) is 3.34. The van der Waals surface area contributed by atoms with Gasteiger partial charge in [0.1, 0.15) is 0 Å². The van der Waals surface area contributed by atoms with Gasteiger partial charge in [-0.2, -0.15) is 0 Å². The average molecular weight is 182 g/mol. The van der Waals surface area contributed by atoms with Gasteiger partial charge >= 0.3 is 7.60 Å². The predicted molar refractivity (Wildman–Crippen MR) is 42.5 cm³/mol. The van der Waals surface area contributed by atoms with E-state index in [-0.39, 0.29) is 13.2 Å². The molecule has 0 spiro atoms. The van der Waals surface area contributed by atoms with Gasteiger partial charge in [0.25, 0.3) is 0 Å². The molecule has 0 aromatic rings. The number of hydrogen-bond acceptors (Lipinski definition) is 4. The van der Waals surface area contributed by atoms with E-state index < -0.39 is 13.4 Å². The maximum Gasteiger partial charge on any atom is 0.358 e. The van der Waals surface area contributed by atoms with E-state index >= 15 is 0 Å². The number of aliphatic hydroxyl groups excluding tert-OH is 1. The molecule has 0 unspecified atom stereocenters. The Hall–Kier alpha value is 0.110. The van der Waals surface area contributed by atoms with E-state index in [9.17, 15) is 4.57 Å². The van der Waals surface area contributed by atoms with E-state index in [1.54, 1.807) is 13.8 Å². The summed E-state index contributed by atoms with van der Waals surface area (Å²) < 4.78 is 21.0. The van der Waals surface area contributed by atoms with Gasteiger partial charge in [-0.05, 0) is 20.8 Å². The van der Waals surface area contributed by atoms with Crippen LogP contribution in [0.2, 0.25) is 0 Å². The molecule has 0 fully saturated rings. The molecule has 0 aromatic carbocycles. The summed E-state index contributed by atoms with van der Waals surface area (Å²) in [6, 6.07) is 0. The predicted octanol–water partition coefficient (Wildman–Crippen LogP) is 1.59. The highest BCUT2D eigenvalue weighted by molar-refractivity contribution is 7.54. The molecule has 0 aliphatic heterocycles. The van der Waals surface area contributed by atoms with Crippen LogP contribution in [0.3, 0.4) is 0 Å². The van der Waals surface area contributed by atoms with E-state index in [1.165, 1.54) is 6.92 Å². The maximum absolute atomic E-state index is 11.4. The average Bonchev–Trinajstić information content (AvgIpc) is 1.88. The summed E-state index contributed by atoms with van der Waals surface area (Å²) >= 11 is 0. The quantitative estimate of drug-likeness (QED) is 0.656. The van der Waals surface area contributed by atoms with E-state index in [2.05, 4.69) is 0 Å². The fourth-order valence-corrected chi connectivity index (χ4v) is 1.84. The lowest BCUT2D eigenvalue weighted by Gasteiger charge is -2.18. The third-order valence-electron chi connectivity index (χ3n) is 1.08. The molecule has 68 valence electrons. The highest BCUT2D eigenvalue weighted by Gasteiger charge is 2.29. The number of rotatable bonds is 5. The lowest BCUT2D eigenvalue weighted by molar-refractivity contribution is 0.157. The number of hydrogen-bond donors (Lipinski definition) is 1. The van der Waals surface area contributed by atoms with Crippen LogP contribution in [0.25, 0.3) is 0 Å². The Morgan fingerprint density at radius 2 is 1.73 bits per heavy atom. The molecule has 0 radical (unpaired) electrons. The molecule has 0 bridgehead atoms. The molecule has 11 heavy (non-hydrogen) atoms. The van der Waals surface area contributed by atoms with Crippen molar-refractivity contribution in [2.75, 3.05) is 13.2 Å². The highest BCUT2D eigenvalue weighted by atomic mass is 31.2. The van der Waals surface area contributed by atoms with Gasteiger partial charge in [0.05, 0.1) is 13.2 Å². The van der Waals surface area contributed by atoms with Gasteiger partial charge in [0, 0.05) is 0 Å². The summed E-state index contributed by atoms with van der Waals surface area (Å²) in [5.74, 6) is -1.05. The molecule has 5 heteroatoms. The lowest BCUT2D eigenvalue weighted by atomic mass is 10.9. The summed E-state index contributed by atoms with van der Waals surface area (Å²) in [6.45, 7) is 5.36. The van der Waals surface area contributed by atoms with E-state index in [4.69, 9.17) is 14.2 Å². The molecule has 0 aliphatic carbocycles. The summed E-state index contributed by atoms with van der Waals surface area (Å²) in [7, 11) is -3.24. The zero-order chi connectivity index (χ0) is 8.91. The van der Waals surface area contributed by atoms with Crippen LogP contribution in [0.4, 0.5) is 0 Å². The van der Waals surface area contributed by atoms with Crippen LogP contribution >= 0.6 is 7.60 Å². The van der Waals surface area contributed by atoms with Crippen LogP contribution in [0.15, 0.2) is 0 Å². The third-order valence-corrected chi connectivity index (χ3v) is 3.23. The topological polar surface area (TPSA) is 55.8 Å². The van der Waals surface area contributed by atoms with Gasteiger partial charge < -0.3 is 14.2 Å². The summed E-state index contributed by atoms with van der Waals surface area (Å²) in [5, 5.41) is 9.02. The van der Waals surface area contributed by atoms with Crippen LogP contribution in [-0.4, -0.2) is 24.2 Å². The van der Waals surface area contributed by atoms with Gasteiger partial charge in [0.15, 0.2) is 5.85 Å². The Morgan fingerprint density at radius 3 is 1.91 bits per heavy atom. The molecule has 1 N–H and O–H groups in total. The largest absolute Gasteiger partial charge is 0.381 e. The molecular formula is C6H15O4P. The second-order valence-electron chi connectivity index (χ2n) is 2.01. The molecule has 0 aliphatic rings. The minimum atomic E-state index is -3.24. The van der Waals surface area contributed by atoms with Gasteiger partial charge in [-0.1, -0.05) is 0 Å². The van der Waals surface area contributed by atoms with Crippen molar-refractivity contribution >= 4 is 7.60 Å². The molecule has 0 heterocycles. The maximum atomic E-state index is 11.4. The van der Waals surface area contributed by atoms with E-state index in [0.717, 1.165) is 0 Å². The number of aliphatic hydroxyl groups is 1. The van der Waals surface area contributed by atoms with Gasteiger partial charge in [-0.3, -0.25) is 4.57 Å². The zero-order valence-electron chi connectivity index (χ0n) is 7.11. The summed E-state index contributed by atoms with van der Waals surface area (Å²) in [6.07, 6.45) is 0. The van der Waals surface area contributed by atoms with Crippen LogP contribution in [0.5, 0.6) is 0 Å². The standard InChI is InChI=1S/C6H15O4P/c1-4-9-11(8,6(3)7)10-5-2/h6-7H,4-5H2,1-3H3/t6-/m1/s1.